The van der Waals surface area contributed by atoms with E-state index in [1.807, 2.05) is 0 Å². The maximum atomic E-state index is 12.7. The lowest BCUT2D eigenvalue weighted by molar-refractivity contribution is -0.137. The van der Waals surface area contributed by atoms with Gasteiger partial charge in [0.15, 0.2) is 5.82 Å². The van der Waals surface area contributed by atoms with E-state index < -0.39 is 11.7 Å². The van der Waals surface area contributed by atoms with Gasteiger partial charge in [0.2, 0.25) is 0 Å². The van der Waals surface area contributed by atoms with Crippen LogP contribution in [0.1, 0.15) is 11.4 Å². The highest BCUT2D eigenvalue weighted by Crippen LogP contribution is 2.37. The van der Waals surface area contributed by atoms with Crippen LogP contribution in [0.4, 0.5) is 13.2 Å². The lowest BCUT2D eigenvalue weighted by Crippen LogP contribution is -2.07. The summed E-state index contributed by atoms with van der Waals surface area (Å²) in [6.45, 7) is 1.52. The molecule has 7 heteroatoms. The number of aryl methyl sites for hydroxylation is 1. The van der Waals surface area contributed by atoms with Crippen LogP contribution in [0.2, 0.25) is 5.02 Å². The van der Waals surface area contributed by atoms with Crippen molar-refractivity contribution in [1.82, 2.24) is 10.1 Å². The van der Waals surface area contributed by atoms with Crippen LogP contribution in [0.3, 0.4) is 0 Å². The Morgan fingerprint density at radius 1 is 1.29 bits per heavy atom. The molecule has 2 aromatic rings. The van der Waals surface area contributed by atoms with Gasteiger partial charge in [0, 0.05) is 5.02 Å². The van der Waals surface area contributed by atoms with Crippen molar-refractivity contribution in [2.75, 3.05) is 0 Å². The highest BCUT2D eigenvalue weighted by molar-refractivity contribution is 6.30. The molecule has 1 aromatic heterocycles. The molecule has 0 fully saturated rings. The van der Waals surface area contributed by atoms with Crippen molar-refractivity contribution in [3.05, 3.63) is 34.6 Å². The summed E-state index contributed by atoms with van der Waals surface area (Å²) >= 11 is 5.67. The SMILES string of the molecule is Cc1noc(-c2cc(Cl)ccc2C(F)(F)F)n1. The lowest BCUT2D eigenvalue weighted by atomic mass is 10.1. The van der Waals surface area contributed by atoms with Crippen molar-refractivity contribution in [3.63, 3.8) is 0 Å². The maximum absolute atomic E-state index is 12.7. The first kappa shape index (κ1) is 11.9. The molecule has 0 aliphatic rings. The van der Waals surface area contributed by atoms with Crippen LogP contribution in [0.25, 0.3) is 11.5 Å². The zero-order valence-electron chi connectivity index (χ0n) is 8.55. The molecule has 17 heavy (non-hydrogen) atoms. The zero-order valence-corrected chi connectivity index (χ0v) is 9.30. The monoisotopic (exact) mass is 262 g/mol. The Hall–Kier alpha value is -1.56. The quantitative estimate of drug-likeness (QED) is 0.786. The van der Waals surface area contributed by atoms with Gasteiger partial charge >= 0.3 is 6.18 Å². The van der Waals surface area contributed by atoms with E-state index in [-0.39, 0.29) is 22.3 Å². The number of rotatable bonds is 1. The molecule has 0 N–H and O–H groups in total. The number of benzene rings is 1. The molecule has 2 rings (SSSR count). The van der Waals surface area contributed by atoms with Gasteiger partial charge in [-0.15, -0.1) is 0 Å². The van der Waals surface area contributed by atoms with Crippen LogP contribution >= 0.6 is 11.6 Å². The van der Waals surface area contributed by atoms with Crippen molar-refractivity contribution in [2.45, 2.75) is 13.1 Å². The minimum atomic E-state index is -4.50. The molecule has 0 saturated carbocycles. The van der Waals surface area contributed by atoms with E-state index in [0.717, 1.165) is 18.2 Å². The molecule has 0 aliphatic heterocycles. The van der Waals surface area contributed by atoms with Crippen LogP contribution in [-0.4, -0.2) is 10.1 Å². The summed E-state index contributed by atoms with van der Waals surface area (Å²) < 4.78 is 42.9. The normalized spacial score (nSPS) is 11.8. The van der Waals surface area contributed by atoms with E-state index in [0.29, 0.717) is 0 Å². The molecular weight excluding hydrogens is 257 g/mol. The molecule has 0 unspecified atom stereocenters. The number of hydrogen-bond acceptors (Lipinski definition) is 3. The Morgan fingerprint density at radius 3 is 2.53 bits per heavy atom. The van der Waals surface area contributed by atoms with Crippen molar-refractivity contribution in [3.8, 4) is 11.5 Å². The fourth-order valence-corrected chi connectivity index (χ4v) is 1.52. The van der Waals surface area contributed by atoms with Gasteiger partial charge in [-0.3, -0.25) is 0 Å². The topological polar surface area (TPSA) is 38.9 Å². The maximum Gasteiger partial charge on any atom is 0.417 e. The van der Waals surface area contributed by atoms with Crippen LogP contribution in [0, 0.1) is 6.92 Å². The van der Waals surface area contributed by atoms with Crippen LogP contribution in [0.15, 0.2) is 22.7 Å². The molecule has 0 saturated heterocycles. The van der Waals surface area contributed by atoms with E-state index in [9.17, 15) is 13.2 Å². The number of hydrogen-bond donors (Lipinski definition) is 0. The smallest absolute Gasteiger partial charge is 0.334 e. The largest absolute Gasteiger partial charge is 0.417 e. The van der Waals surface area contributed by atoms with Gasteiger partial charge < -0.3 is 4.52 Å². The number of halogens is 4. The minimum absolute atomic E-state index is 0.170. The summed E-state index contributed by atoms with van der Waals surface area (Å²) in [7, 11) is 0. The van der Waals surface area contributed by atoms with Gasteiger partial charge in [-0.1, -0.05) is 16.8 Å². The van der Waals surface area contributed by atoms with Crippen LogP contribution in [0.5, 0.6) is 0 Å². The van der Waals surface area contributed by atoms with Gasteiger partial charge in [0.05, 0.1) is 11.1 Å². The summed E-state index contributed by atoms with van der Waals surface area (Å²) in [6, 6.07) is 3.20. The molecule has 0 radical (unpaired) electrons. The Labute approximate surface area is 99.2 Å². The molecule has 0 spiro atoms. The molecule has 0 aliphatic carbocycles. The Morgan fingerprint density at radius 2 is 2.00 bits per heavy atom. The third-order valence-electron chi connectivity index (χ3n) is 2.04. The van der Waals surface area contributed by atoms with E-state index in [4.69, 9.17) is 16.1 Å². The van der Waals surface area contributed by atoms with Gasteiger partial charge in [-0.2, -0.15) is 18.2 Å². The third-order valence-corrected chi connectivity index (χ3v) is 2.28. The zero-order chi connectivity index (χ0) is 12.6. The van der Waals surface area contributed by atoms with E-state index in [2.05, 4.69) is 10.1 Å². The first-order chi connectivity index (χ1) is 7.88. The van der Waals surface area contributed by atoms with Gasteiger partial charge in [-0.25, -0.2) is 0 Å². The van der Waals surface area contributed by atoms with Crippen molar-refractivity contribution < 1.29 is 17.7 Å². The van der Waals surface area contributed by atoms with E-state index in [1.165, 1.54) is 6.92 Å². The van der Waals surface area contributed by atoms with Gasteiger partial charge in [0.1, 0.15) is 0 Å². The van der Waals surface area contributed by atoms with Crippen molar-refractivity contribution >= 4 is 11.6 Å². The molecule has 0 amide bonds. The molecule has 3 nitrogen and oxygen atoms in total. The first-order valence-electron chi connectivity index (χ1n) is 4.55. The average molecular weight is 263 g/mol. The van der Waals surface area contributed by atoms with Gasteiger partial charge in [0.25, 0.3) is 5.89 Å². The second kappa shape index (κ2) is 4.03. The highest BCUT2D eigenvalue weighted by atomic mass is 35.5. The number of alkyl halides is 3. The van der Waals surface area contributed by atoms with E-state index in [1.54, 1.807) is 0 Å². The van der Waals surface area contributed by atoms with Crippen molar-refractivity contribution in [2.24, 2.45) is 0 Å². The Bertz CT molecular complexity index is 551. The predicted molar refractivity (Wildman–Crippen MR) is 54.5 cm³/mol. The van der Waals surface area contributed by atoms with Crippen LogP contribution in [-0.2, 0) is 6.18 Å². The molecular formula is C10H6ClF3N2O. The molecule has 1 aromatic carbocycles. The summed E-state index contributed by atoms with van der Waals surface area (Å²) in [5, 5.41) is 3.62. The van der Waals surface area contributed by atoms with Crippen LogP contribution < -0.4 is 0 Å². The predicted octanol–water partition coefficient (Wildman–Crippen LogP) is 3.72. The fraction of sp³-hybridized carbons (Fsp3) is 0.200. The molecule has 0 bridgehead atoms. The highest BCUT2D eigenvalue weighted by Gasteiger charge is 2.35. The lowest BCUT2D eigenvalue weighted by Gasteiger charge is -2.10. The number of nitrogens with zero attached hydrogens (tertiary/aromatic N) is 2. The minimum Gasteiger partial charge on any atom is -0.334 e. The third kappa shape index (κ3) is 2.41. The Balaban J connectivity index is 2.63. The molecule has 0 atom stereocenters. The van der Waals surface area contributed by atoms with Crippen molar-refractivity contribution in [1.29, 1.82) is 0 Å². The molecule has 90 valence electrons. The summed E-state index contributed by atoms with van der Waals surface area (Å²) in [5.41, 5.74) is -1.07. The van der Waals surface area contributed by atoms with E-state index >= 15 is 0 Å². The fourth-order valence-electron chi connectivity index (χ4n) is 1.35. The summed E-state index contributed by atoms with van der Waals surface area (Å²) in [4.78, 5) is 3.76. The first-order valence-corrected chi connectivity index (χ1v) is 4.93. The molecule has 1 heterocycles. The second-order valence-electron chi connectivity index (χ2n) is 3.33. The Kier molecular flexibility index (Phi) is 2.82. The average Bonchev–Trinajstić information content (AvgIpc) is 2.62. The standard InChI is InChI=1S/C10H6ClF3N2O/c1-5-15-9(17-16-5)7-4-6(11)2-3-8(7)10(12,13)14/h2-4H,1H3. The summed E-state index contributed by atoms with van der Waals surface area (Å²) in [5.74, 6) is 0.0606. The second-order valence-corrected chi connectivity index (χ2v) is 3.77. The summed E-state index contributed by atoms with van der Waals surface area (Å²) in [6.07, 6.45) is -4.50. The number of aromatic nitrogens is 2. The van der Waals surface area contributed by atoms with Gasteiger partial charge in [-0.05, 0) is 25.1 Å².